The standard InChI is InChI=1S/C14H18O2/c1-3-5-7-12-10-11(6-4-2)8-9-13(12)14(15)16/h4,8-10H,2-3,5-7H2,1H3,(H,15,16). The number of hydrogen-bond acceptors (Lipinski definition) is 1. The third-order valence-corrected chi connectivity index (χ3v) is 2.58. The summed E-state index contributed by atoms with van der Waals surface area (Å²) >= 11 is 0. The number of hydrogen-bond donors (Lipinski definition) is 1. The van der Waals surface area contributed by atoms with E-state index in [1.807, 2.05) is 18.2 Å². The van der Waals surface area contributed by atoms with Crippen LogP contribution in [0.4, 0.5) is 0 Å². The van der Waals surface area contributed by atoms with Crippen LogP contribution in [0.15, 0.2) is 30.9 Å². The number of rotatable bonds is 6. The van der Waals surface area contributed by atoms with Crippen LogP contribution in [0.2, 0.25) is 0 Å². The summed E-state index contributed by atoms with van der Waals surface area (Å²) in [6, 6.07) is 5.55. The molecule has 0 aliphatic rings. The second-order valence-corrected chi connectivity index (χ2v) is 3.89. The van der Waals surface area contributed by atoms with Gasteiger partial charge in [-0.05, 0) is 36.5 Å². The van der Waals surface area contributed by atoms with Crippen molar-refractivity contribution in [2.45, 2.75) is 32.6 Å². The molecule has 0 aromatic heterocycles. The van der Waals surface area contributed by atoms with Crippen molar-refractivity contribution in [1.29, 1.82) is 0 Å². The molecule has 0 heterocycles. The number of benzene rings is 1. The maximum Gasteiger partial charge on any atom is 0.335 e. The molecule has 0 saturated heterocycles. The zero-order valence-corrected chi connectivity index (χ0v) is 9.70. The molecule has 0 saturated carbocycles. The molecule has 0 radical (unpaired) electrons. The molecule has 1 aromatic rings. The van der Waals surface area contributed by atoms with Gasteiger partial charge in [-0.25, -0.2) is 4.79 Å². The van der Waals surface area contributed by atoms with Crippen molar-refractivity contribution in [1.82, 2.24) is 0 Å². The number of carboxylic acids is 1. The first kappa shape index (κ1) is 12.5. The van der Waals surface area contributed by atoms with Crippen LogP contribution in [0.5, 0.6) is 0 Å². The Kier molecular flexibility index (Phi) is 4.77. The van der Waals surface area contributed by atoms with Crippen LogP contribution in [0.25, 0.3) is 0 Å². The van der Waals surface area contributed by atoms with Crippen molar-refractivity contribution in [3.05, 3.63) is 47.5 Å². The predicted molar refractivity (Wildman–Crippen MR) is 65.9 cm³/mol. The van der Waals surface area contributed by atoms with Crippen LogP contribution in [-0.4, -0.2) is 11.1 Å². The molecule has 86 valence electrons. The van der Waals surface area contributed by atoms with Gasteiger partial charge < -0.3 is 5.11 Å². The Morgan fingerprint density at radius 2 is 2.25 bits per heavy atom. The SMILES string of the molecule is C=CCc1ccc(C(=O)O)c(CCCC)c1. The molecule has 0 unspecified atom stereocenters. The van der Waals surface area contributed by atoms with E-state index in [1.165, 1.54) is 0 Å². The number of allylic oxidation sites excluding steroid dienone is 1. The second kappa shape index (κ2) is 6.11. The van der Waals surface area contributed by atoms with Crippen LogP contribution in [0.3, 0.4) is 0 Å². The molecule has 0 bridgehead atoms. The highest BCUT2D eigenvalue weighted by Crippen LogP contribution is 2.16. The zero-order chi connectivity index (χ0) is 12.0. The second-order valence-electron chi connectivity index (χ2n) is 3.89. The minimum Gasteiger partial charge on any atom is -0.478 e. The summed E-state index contributed by atoms with van der Waals surface area (Å²) in [4.78, 5) is 11.0. The van der Waals surface area contributed by atoms with Gasteiger partial charge in [0.1, 0.15) is 0 Å². The Bertz CT molecular complexity index is 380. The predicted octanol–water partition coefficient (Wildman–Crippen LogP) is 3.46. The van der Waals surface area contributed by atoms with Gasteiger partial charge in [-0.2, -0.15) is 0 Å². The summed E-state index contributed by atoms with van der Waals surface area (Å²) in [6.45, 7) is 5.79. The fourth-order valence-corrected chi connectivity index (χ4v) is 1.72. The summed E-state index contributed by atoms with van der Waals surface area (Å²) in [6.07, 6.45) is 5.56. The number of carbonyl (C=O) groups is 1. The third-order valence-electron chi connectivity index (χ3n) is 2.58. The van der Waals surface area contributed by atoms with Crippen molar-refractivity contribution in [2.24, 2.45) is 0 Å². The molecular formula is C14H18O2. The van der Waals surface area contributed by atoms with Gasteiger partial charge in [-0.3, -0.25) is 0 Å². The fourth-order valence-electron chi connectivity index (χ4n) is 1.72. The Morgan fingerprint density at radius 3 is 2.81 bits per heavy atom. The van der Waals surface area contributed by atoms with Gasteiger partial charge in [-0.15, -0.1) is 6.58 Å². The molecule has 1 N–H and O–H groups in total. The monoisotopic (exact) mass is 218 g/mol. The van der Waals surface area contributed by atoms with E-state index in [0.29, 0.717) is 5.56 Å². The number of aryl methyl sites for hydroxylation is 1. The van der Waals surface area contributed by atoms with Gasteiger partial charge >= 0.3 is 5.97 Å². The Labute approximate surface area is 96.6 Å². The minimum atomic E-state index is -0.837. The fraction of sp³-hybridized carbons (Fsp3) is 0.357. The molecule has 0 spiro atoms. The maximum absolute atomic E-state index is 11.0. The topological polar surface area (TPSA) is 37.3 Å². The summed E-state index contributed by atoms with van der Waals surface area (Å²) in [5.41, 5.74) is 2.50. The van der Waals surface area contributed by atoms with E-state index in [4.69, 9.17) is 5.11 Å². The Morgan fingerprint density at radius 1 is 1.50 bits per heavy atom. The smallest absolute Gasteiger partial charge is 0.335 e. The molecule has 0 amide bonds. The van der Waals surface area contributed by atoms with Crippen LogP contribution < -0.4 is 0 Å². The van der Waals surface area contributed by atoms with Crippen LogP contribution in [0, 0.1) is 0 Å². The molecule has 0 aliphatic carbocycles. The summed E-state index contributed by atoms with van der Waals surface area (Å²) < 4.78 is 0. The number of aromatic carboxylic acids is 1. The van der Waals surface area contributed by atoms with Crippen molar-refractivity contribution < 1.29 is 9.90 Å². The molecule has 0 aliphatic heterocycles. The van der Waals surface area contributed by atoms with Gasteiger partial charge in [0.05, 0.1) is 5.56 Å². The highest BCUT2D eigenvalue weighted by Gasteiger charge is 2.09. The van der Waals surface area contributed by atoms with Gasteiger partial charge in [0.15, 0.2) is 0 Å². The average molecular weight is 218 g/mol. The number of carboxylic acid groups (broad SMARTS) is 1. The first-order valence-electron chi connectivity index (χ1n) is 5.65. The van der Waals surface area contributed by atoms with Gasteiger partial charge in [0.25, 0.3) is 0 Å². The Balaban J connectivity index is 3.00. The van der Waals surface area contributed by atoms with Crippen molar-refractivity contribution in [3.63, 3.8) is 0 Å². The molecule has 0 fully saturated rings. The lowest BCUT2D eigenvalue weighted by molar-refractivity contribution is 0.0695. The van der Waals surface area contributed by atoms with Crippen LogP contribution in [0.1, 0.15) is 41.3 Å². The van der Waals surface area contributed by atoms with Crippen molar-refractivity contribution in [2.75, 3.05) is 0 Å². The molecule has 16 heavy (non-hydrogen) atoms. The van der Waals surface area contributed by atoms with E-state index in [0.717, 1.165) is 36.8 Å². The number of unbranched alkanes of at least 4 members (excludes halogenated alkanes) is 1. The quantitative estimate of drug-likeness (QED) is 0.742. The lowest BCUT2D eigenvalue weighted by Gasteiger charge is -2.07. The van der Waals surface area contributed by atoms with E-state index in [2.05, 4.69) is 13.5 Å². The summed E-state index contributed by atoms with van der Waals surface area (Å²) in [7, 11) is 0. The molecule has 2 nitrogen and oxygen atoms in total. The molecular weight excluding hydrogens is 200 g/mol. The molecule has 2 heteroatoms. The van der Waals surface area contributed by atoms with Crippen LogP contribution >= 0.6 is 0 Å². The van der Waals surface area contributed by atoms with E-state index in [-0.39, 0.29) is 0 Å². The average Bonchev–Trinajstić information content (AvgIpc) is 2.26. The third kappa shape index (κ3) is 3.23. The highest BCUT2D eigenvalue weighted by molar-refractivity contribution is 5.89. The Hall–Kier alpha value is -1.57. The normalized spacial score (nSPS) is 10.1. The molecule has 1 aromatic carbocycles. The van der Waals surface area contributed by atoms with E-state index in [1.54, 1.807) is 6.07 Å². The van der Waals surface area contributed by atoms with Crippen molar-refractivity contribution in [3.8, 4) is 0 Å². The lowest BCUT2D eigenvalue weighted by Crippen LogP contribution is -2.03. The summed E-state index contributed by atoms with van der Waals surface area (Å²) in [5, 5.41) is 9.07. The van der Waals surface area contributed by atoms with Gasteiger partial charge in [0.2, 0.25) is 0 Å². The first-order valence-corrected chi connectivity index (χ1v) is 5.65. The zero-order valence-electron chi connectivity index (χ0n) is 9.70. The molecule has 1 rings (SSSR count). The van der Waals surface area contributed by atoms with Crippen molar-refractivity contribution >= 4 is 5.97 Å². The summed E-state index contributed by atoms with van der Waals surface area (Å²) in [5.74, 6) is -0.837. The van der Waals surface area contributed by atoms with Gasteiger partial charge in [0, 0.05) is 0 Å². The first-order chi connectivity index (χ1) is 7.69. The van der Waals surface area contributed by atoms with E-state index in [9.17, 15) is 4.79 Å². The maximum atomic E-state index is 11.0. The minimum absolute atomic E-state index is 0.432. The van der Waals surface area contributed by atoms with Gasteiger partial charge in [-0.1, -0.05) is 31.6 Å². The lowest BCUT2D eigenvalue weighted by atomic mass is 9.98. The van der Waals surface area contributed by atoms with E-state index < -0.39 is 5.97 Å². The largest absolute Gasteiger partial charge is 0.478 e. The highest BCUT2D eigenvalue weighted by atomic mass is 16.4. The van der Waals surface area contributed by atoms with Crippen LogP contribution in [-0.2, 0) is 12.8 Å². The molecule has 0 atom stereocenters. The van der Waals surface area contributed by atoms with E-state index >= 15 is 0 Å².